The van der Waals surface area contributed by atoms with Crippen molar-refractivity contribution in [3.8, 4) is 0 Å². The SMILES string of the molecule is CCCCS(=O)(=O)[O-].O=S(=O)([O-])O.c1cc[nH+]cc1. The van der Waals surface area contributed by atoms with E-state index in [1.54, 1.807) is 0 Å². The van der Waals surface area contributed by atoms with Gasteiger partial charge in [-0.3, -0.25) is 4.55 Å². The van der Waals surface area contributed by atoms with E-state index in [0.717, 1.165) is 6.42 Å². The van der Waals surface area contributed by atoms with Crippen LogP contribution >= 0.6 is 0 Å². The second-order valence-electron chi connectivity index (χ2n) is 3.12. The Morgan fingerprint density at radius 3 is 1.58 bits per heavy atom. The number of unbranched alkanes of at least 4 members (excludes halogenated alkanes) is 1. The van der Waals surface area contributed by atoms with Crippen molar-refractivity contribution in [2.75, 3.05) is 5.75 Å². The molecule has 8 nitrogen and oxygen atoms in total. The van der Waals surface area contributed by atoms with E-state index in [1.807, 2.05) is 37.5 Å². The first-order valence-electron chi connectivity index (χ1n) is 5.09. The summed E-state index contributed by atoms with van der Waals surface area (Å²) in [6.45, 7) is 1.84. The van der Waals surface area contributed by atoms with Crippen molar-refractivity contribution in [3.63, 3.8) is 0 Å². The zero-order valence-electron chi connectivity index (χ0n) is 10.2. The van der Waals surface area contributed by atoms with E-state index >= 15 is 0 Å². The van der Waals surface area contributed by atoms with Crippen LogP contribution in [0.3, 0.4) is 0 Å². The number of aromatic nitrogens is 1. The van der Waals surface area contributed by atoms with Crippen LogP contribution < -0.4 is 4.98 Å². The molecule has 0 fully saturated rings. The third kappa shape index (κ3) is 38.3. The minimum atomic E-state index is -4.92. The summed E-state index contributed by atoms with van der Waals surface area (Å²) in [6, 6.07) is 5.86. The Morgan fingerprint density at radius 2 is 1.47 bits per heavy atom. The van der Waals surface area contributed by atoms with Gasteiger partial charge in [0.2, 0.25) is 10.4 Å². The van der Waals surface area contributed by atoms with E-state index in [1.165, 1.54) is 0 Å². The highest BCUT2D eigenvalue weighted by Crippen LogP contribution is 1.90. The molecule has 0 saturated heterocycles. The van der Waals surface area contributed by atoms with Crippen molar-refractivity contribution in [1.29, 1.82) is 0 Å². The number of nitrogens with one attached hydrogen (secondary N) is 1. The molecule has 0 radical (unpaired) electrons. The molecule has 0 aliphatic rings. The Hall–Kier alpha value is -1.07. The van der Waals surface area contributed by atoms with Crippen molar-refractivity contribution < 1.29 is 35.5 Å². The lowest BCUT2D eigenvalue weighted by Gasteiger charge is -2.02. The van der Waals surface area contributed by atoms with E-state index in [4.69, 9.17) is 17.5 Å². The third-order valence-electron chi connectivity index (χ3n) is 1.36. The fourth-order valence-electron chi connectivity index (χ4n) is 0.663. The molecule has 0 amide bonds. The van der Waals surface area contributed by atoms with Gasteiger partial charge in [0.1, 0.15) is 0 Å². The van der Waals surface area contributed by atoms with Crippen LogP contribution in [0, 0.1) is 0 Å². The Labute approximate surface area is 112 Å². The van der Waals surface area contributed by atoms with Gasteiger partial charge in [0.15, 0.2) is 12.4 Å². The molecule has 1 heterocycles. The summed E-state index contributed by atoms with van der Waals surface area (Å²) in [5, 5.41) is 0. The molecule has 0 saturated carbocycles. The topological polar surface area (TPSA) is 149 Å². The molecule has 1 aromatic rings. The summed E-state index contributed by atoms with van der Waals surface area (Å²) in [5.41, 5.74) is 0. The molecule has 1 aromatic heterocycles. The summed E-state index contributed by atoms with van der Waals surface area (Å²) in [4.78, 5) is 2.89. The summed E-state index contributed by atoms with van der Waals surface area (Å²) >= 11 is 0. The molecule has 0 atom stereocenters. The minimum absolute atomic E-state index is 0.219. The lowest BCUT2D eigenvalue weighted by Crippen LogP contribution is -2.02. The van der Waals surface area contributed by atoms with Gasteiger partial charge >= 0.3 is 0 Å². The molecule has 1 rings (SSSR count). The van der Waals surface area contributed by atoms with Crippen molar-refractivity contribution in [2.45, 2.75) is 19.8 Å². The van der Waals surface area contributed by atoms with E-state index < -0.39 is 20.5 Å². The van der Waals surface area contributed by atoms with E-state index in [-0.39, 0.29) is 5.75 Å². The minimum Gasteiger partial charge on any atom is -0.748 e. The van der Waals surface area contributed by atoms with Crippen molar-refractivity contribution in [1.82, 2.24) is 0 Å². The Balaban J connectivity index is 0. The van der Waals surface area contributed by atoms with Gasteiger partial charge in [0, 0.05) is 17.9 Å². The standard InChI is InChI=1S/C5H5N.C4H10O3S.H2O4S/c1-2-4-6-5-3-1;1-2-3-4-8(5,6)7;1-5(2,3)4/h1-5H;2-4H2,1H3,(H,5,6,7);(H2,1,2,3,4)/p-1. The Kier molecular flexibility index (Phi) is 11.5. The second kappa shape index (κ2) is 10.8. The van der Waals surface area contributed by atoms with Crippen molar-refractivity contribution >= 4 is 20.5 Å². The van der Waals surface area contributed by atoms with E-state index in [0.29, 0.717) is 6.42 Å². The maximum Gasteiger partial charge on any atom is 0.215 e. The highest BCUT2D eigenvalue weighted by atomic mass is 32.3. The van der Waals surface area contributed by atoms with Crippen LogP contribution in [-0.4, -0.2) is 36.2 Å². The maximum atomic E-state index is 9.83. The molecule has 0 aliphatic carbocycles. The lowest BCUT2D eigenvalue weighted by molar-refractivity contribution is -0.377. The zero-order valence-corrected chi connectivity index (χ0v) is 11.9. The van der Waals surface area contributed by atoms with Crippen LogP contribution in [0.5, 0.6) is 0 Å². The monoisotopic (exact) mass is 314 g/mol. The largest absolute Gasteiger partial charge is 0.748 e. The van der Waals surface area contributed by atoms with E-state index in [9.17, 15) is 13.0 Å². The first kappa shape index (κ1) is 20.3. The van der Waals surface area contributed by atoms with Gasteiger partial charge in [-0.25, -0.2) is 21.8 Å². The first-order chi connectivity index (χ1) is 8.56. The van der Waals surface area contributed by atoms with E-state index in [2.05, 4.69) is 4.98 Å². The predicted octanol–water partition coefficient (Wildman–Crippen LogP) is -0.163. The normalized spacial score (nSPS) is 10.5. The van der Waals surface area contributed by atoms with Crippen LogP contribution in [0.25, 0.3) is 0 Å². The Bertz CT molecular complexity index is 464. The summed E-state index contributed by atoms with van der Waals surface area (Å²) < 4.78 is 62.3. The molecule has 0 spiro atoms. The number of H-pyrrole nitrogens is 1. The number of aromatic amines is 1. The molecule has 0 aromatic carbocycles. The van der Waals surface area contributed by atoms with Gasteiger partial charge in [-0.2, -0.15) is 0 Å². The molecule has 19 heavy (non-hydrogen) atoms. The van der Waals surface area contributed by atoms with Crippen molar-refractivity contribution in [2.24, 2.45) is 0 Å². The fourth-order valence-corrected chi connectivity index (χ4v) is 1.31. The van der Waals surface area contributed by atoms with Gasteiger partial charge in [0.05, 0.1) is 10.1 Å². The van der Waals surface area contributed by atoms with Crippen LogP contribution in [0.2, 0.25) is 0 Å². The molecule has 0 aliphatic heterocycles. The van der Waals surface area contributed by atoms with Crippen molar-refractivity contribution in [3.05, 3.63) is 30.6 Å². The Morgan fingerprint density at radius 1 is 1.05 bits per heavy atom. The molecular formula is C9H16NO7S2-. The third-order valence-corrected chi connectivity index (χ3v) is 2.14. The average molecular weight is 314 g/mol. The van der Waals surface area contributed by atoms with Crippen LogP contribution in [0.15, 0.2) is 30.6 Å². The van der Waals surface area contributed by atoms with Gasteiger partial charge in [-0.05, 0) is 6.42 Å². The van der Waals surface area contributed by atoms with Crippen LogP contribution in [0.1, 0.15) is 19.8 Å². The molecular weight excluding hydrogens is 298 g/mol. The highest BCUT2D eigenvalue weighted by molar-refractivity contribution is 7.85. The summed E-state index contributed by atoms with van der Waals surface area (Å²) in [7, 11) is -8.85. The smallest absolute Gasteiger partial charge is 0.215 e. The van der Waals surface area contributed by atoms with Crippen LogP contribution in [-0.2, 0) is 20.5 Å². The highest BCUT2D eigenvalue weighted by Gasteiger charge is 1.90. The predicted molar refractivity (Wildman–Crippen MR) is 64.8 cm³/mol. The number of rotatable bonds is 3. The number of pyridine rings is 1. The average Bonchev–Trinajstić information content (AvgIpc) is 2.26. The zero-order chi connectivity index (χ0) is 15.4. The number of hydrogen-bond acceptors (Lipinski definition) is 6. The first-order valence-corrected chi connectivity index (χ1v) is 8.03. The van der Waals surface area contributed by atoms with Gasteiger partial charge in [-0.15, -0.1) is 0 Å². The quantitative estimate of drug-likeness (QED) is 0.601. The maximum absolute atomic E-state index is 9.83. The van der Waals surface area contributed by atoms with Gasteiger partial charge in [0.25, 0.3) is 0 Å². The van der Waals surface area contributed by atoms with Gasteiger partial charge < -0.3 is 9.11 Å². The molecule has 2 N–H and O–H groups in total. The second-order valence-corrected chi connectivity index (χ2v) is 5.50. The molecule has 10 heteroatoms. The summed E-state index contributed by atoms with van der Waals surface area (Å²) in [6.07, 6.45) is 4.98. The number of hydrogen-bond donors (Lipinski definition) is 1. The lowest BCUT2D eigenvalue weighted by atomic mass is 10.4. The summed E-state index contributed by atoms with van der Waals surface area (Å²) in [5.74, 6) is -0.219. The van der Waals surface area contributed by atoms with Crippen LogP contribution in [0.4, 0.5) is 0 Å². The molecule has 112 valence electrons. The van der Waals surface area contributed by atoms with Gasteiger partial charge in [-0.1, -0.05) is 19.4 Å². The molecule has 0 unspecified atom stereocenters. The fraction of sp³-hybridized carbons (Fsp3) is 0.444. The molecule has 0 bridgehead atoms.